The molecule has 0 saturated carbocycles. The van der Waals surface area contributed by atoms with Crippen molar-refractivity contribution in [2.45, 2.75) is 25.6 Å². The van der Waals surface area contributed by atoms with Crippen LogP contribution in [0, 0.1) is 11.8 Å². The number of hydrogen-bond donors (Lipinski definition) is 0. The van der Waals surface area contributed by atoms with Gasteiger partial charge < -0.3 is 9.80 Å². The molecule has 0 aromatic carbocycles. The maximum absolute atomic E-state index is 13.4. The molecule has 0 spiro atoms. The lowest BCUT2D eigenvalue weighted by atomic mass is 9.89. The number of halogens is 5. The number of aromatic nitrogens is 5. The third kappa shape index (κ3) is 3.82. The van der Waals surface area contributed by atoms with E-state index in [0.29, 0.717) is 43.2 Å². The fourth-order valence-corrected chi connectivity index (χ4v) is 4.68. The van der Waals surface area contributed by atoms with Gasteiger partial charge in [0.2, 0.25) is 0 Å². The summed E-state index contributed by atoms with van der Waals surface area (Å²) in [5.74, 6) is 0.906. The lowest BCUT2D eigenvalue weighted by molar-refractivity contribution is -0.137. The van der Waals surface area contributed by atoms with Crippen LogP contribution in [0.1, 0.15) is 12.0 Å². The number of nitrogens with zero attached hydrogens (tertiary/aromatic N) is 7. The Morgan fingerprint density at radius 3 is 2.59 bits per heavy atom. The number of pyridine rings is 1. The Balaban J connectivity index is 1.35. The molecule has 0 bridgehead atoms. The van der Waals surface area contributed by atoms with Crippen molar-refractivity contribution in [2.24, 2.45) is 11.8 Å². The summed E-state index contributed by atoms with van der Waals surface area (Å²) in [6, 6.07) is 2.36. The first-order valence-corrected chi connectivity index (χ1v) is 10.3. The summed E-state index contributed by atoms with van der Waals surface area (Å²) in [6.07, 6.45) is -1.87. The van der Waals surface area contributed by atoms with Gasteiger partial charge in [0.1, 0.15) is 23.7 Å². The van der Waals surface area contributed by atoms with Crippen LogP contribution in [0.5, 0.6) is 0 Å². The van der Waals surface area contributed by atoms with Crippen molar-refractivity contribution < 1.29 is 22.0 Å². The van der Waals surface area contributed by atoms with Gasteiger partial charge in [-0.2, -0.15) is 18.3 Å². The second kappa shape index (κ2) is 7.82. The Kier molecular flexibility index (Phi) is 5.09. The van der Waals surface area contributed by atoms with Crippen molar-refractivity contribution in [2.75, 3.05) is 36.0 Å². The summed E-state index contributed by atoms with van der Waals surface area (Å²) < 4.78 is 67.0. The van der Waals surface area contributed by atoms with Crippen LogP contribution >= 0.6 is 0 Å². The zero-order valence-corrected chi connectivity index (χ0v) is 16.9. The number of alkyl halides is 5. The van der Waals surface area contributed by atoms with Crippen LogP contribution in [0.25, 0.3) is 11.2 Å². The smallest absolute Gasteiger partial charge is 0.355 e. The first-order valence-electron chi connectivity index (χ1n) is 10.3. The fourth-order valence-electron chi connectivity index (χ4n) is 4.68. The van der Waals surface area contributed by atoms with Crippen LogP contribution in [-0.2, 0) is 12.7 Å². The second-order valence-corrected chi connectivity index (χ2v) is 8.19. The molecule has 5 heterocycles. The van der Waals surface area contributed by atoms with E-state index in [4.69, 9.17) is 0 Å². The summed E-state index contributed by atoms with van der Waals surface area (Å²) in [4.78, 5) is 16.6. The monoisotopic (exact) mass is 453 g/mol. The van der Waals surface area contributed by atoms with Gasteiger partial charge >= 0.3 is 6.18 Å². The molecule has 2 atom stereocenters. The molecule has 2 aliphatic rings. The molecule has 32 heavy (non-hydrogen) atoms. The van der Waals surface area contributed by atoms with Crippen LogP contribution in [0.4, 0.5) is 33.6 Å². The van der Waals surface area contributed by atoms with E-state index < -0.39 is 24.7 Å². The Labute approximate surface area is 179 Å². The molecular weight excluding hydrogens is 433 g/mol. The van der Waals surface area contributed by atoms with Crippen molar-refractivity contribution >= 4 is 22.8 Å². The molecule has 0 unspecified atom stereocenters. The number of rotatable bonds is 4. The highest BCUT2D eigenvalue weighted by atomic mass is 19.4. The number of piperidine rings is 1. The van der Waals surface area contributed by atoms with Gasteiger partial charge in [0.25, 0.3) is 6.43 Å². The molecule has 2 saturated heterocycles. The lowest BCUT2D eigenvalue weighted by Gasteiger charge is -2.34. The van der Waals surface area contributed by atoms with E-state index in [9.17, 15) is 22.0 Å². The quantitative estimate of drug-likeness (QED) is 0.564. The SMILES string of the molecule is FC(F)Cn1ncc2ncc(N3CC[C@@H]4CN(c5ncccc5C(F)(F)F)C[C@H]4C3)nc21. The van der Waals surface area contributed by atoms with E-state index in [1.165, 1.54) is 18.5 Å². The van der Waals surface area contributed by atoms with E-state index in [0.717, 1.165) is 17.2 Å². The molecule has 2 aliphatic heterocycles. The summed E-state index contributed by atoms with van der Waals surface area (Å²) in [5.41, 5.74) is 0.00606. The van der Waals surface area contributed by atoms with E-state index in [-0.39, 0.29) is 17.7 Å². The minimum Gasteiger partial charge on any atom is -0.355 e. The largest absolute Gasteiger partial charge is 0.419 e. The molecule has 3 aromatic heterocycles. The third-order valence-electron chi connectivity index (χ3n) is 6.16. The normalized spacial score (nSPS) is 21.6. The Bertz CT molecular complexity index is 1120. The van der Waals surface area contributed by atoms with Crippen molar-refractivity contribution in [3.63, 3.8) is 0 Å². The van der Waals surface area contributed by atoms with Crippen LogP contribution in [-0.4, -0.2) is 57.3 Å². The van der Waals surface area contributed by atoms with E-state index in [1.807, 2.05) is 4.90 Å². The molecule has 0 aliphatic carbocycles. The van der Waals surface area contributed by atoms with E-state index >= 15 is 0 Å². The van der Waals surface area contributed by atoms with Crippen molar-refractivity contribution in [1.82, 2.24) is 24.7 Å². The molecular formula is C20H20F5N7. The van der Waals surface area contributed by atoms with Gasteiger partial charge in [-0.3, -0.25) is 0 Å². The van der Waals surface area contributed by atoms with Crippen LogP contribution in [0.2, 0.25) is 0 Å². The van der Waals surface area contributed by atoms with Gasteiger partial charge in [-0.05, 0) is 30.4 Å². The van der Waals surface area contributed by atoms with Crippen molar-refractivity contribution in [3.05, 3.63) is 36.3 Å². The maximum Gasteiger partial charge on any atom is 0.419 e. The molecule has 7 nitrogen and oxygen atoms in total. The lowest BCUT2D eigenvalue weighted by Crippen LogP contribution is -2.40. The fraction of sp³-hybridized carbons (Fsp3) is 0.500. The molecule has 0 radical (unpaired) electrons. The van der Waals surface area contributed by atoms with E-state index in [1.54, 1.807) is 11.1 Å². The third-order valence-corrected chi connectivity index (χ3v) is 6.16. The second-order valence-electron chi connectivity index (χ2n) is 8.19. The zero-order valence-electron chi connectivity index (χ0n) is 16.9. The minimum atomic E-state index is -4.46. The molecule has 170 valence electrons. The molecule has 5 rings (SSSR count). The molecule has 3 aromatic rings. The number of hydrogen-bond acceptors (Lipinski definition) is 6. The Morgan fingerprint density at radius 2 is 1.81 bits per heavy atom. The zero-order chi connectivity index (χ0) is 22.5. The average molecular weight is 453 g/mol. The van der Waals surface area contributed by atoms with Gasteiger partial charge in [-0.25, -0.2) is 28.4 Å². The van der Waals surface area contributed by atoms with Crippen molar-refractivity contribution in [1.29, 1.82) is 0 Å². The van der Waals surface area contributed by atoms with Gasteiger partial charge in [-0.1, -0.05) is 0 Å². The van der Waals surface area contributed by atoms with Crippen molar-refractivity contribution in [3.8, 4) is 0 Å². The van der Waals surface area contributed by atoms with Crippen LogP contribution in [0.3, 0.4) is 0 Å². The highest BCUT2D eigenvalue weighted by Gasteiger charge is 2.42. The van der Waals surface area contributed by atoms with Gasteiger partial charge in [0.15, 0.2) is 5.65 Å². The maximum atomic E-state index is 13.4. The Hall–Kier alpha value is -3.05. The first kappa shape index (κ1) is 20.8. The van der Waals surface area contributed by atoms with Gasteiger partial charge in [0, 0.05) is 32.4 Å². The molecule has 12 heteroatoms. The highest BCUT2D eigenvalue weighted by molar-refractivity contribution is 5.71. The molecule has 0 amide bonds. The van der Waals surface area contributed by atoms with Crippen LogP contribution in [0.15, 0.2) is 30.7 Å². The van der Waals surface area contributed by atoms with Gasteiger partial charge in [0.05, 0.1) is 18.0 Å². The van der Waals surface area contributed by atoms with Gasteiger partial charge in [-0.15, -0.1) is 0 Å². The Morgan fingerprint density at radius 1 is 1.03 bits per heavy atom. The predicted octanol–water partition coefficient (Wildman–Crippen LogP) is 3.47. The predicted molar refractivity (Wildman–Crippen MR) is 107 cm³/mol. The highest BCUT2D eigenvalue weighted by Crippen LogP contribution is 2.40. The summed E-state index contributed by atoms with van der Waals surface area (Å²) in [7, 11) is 0. The summed E-state index contributed by atoms with van der Waals surface area (Å²) in [6.45, 7) is 1.67. The average Bonchev–Trinajstić information content (AvgIpc) is 3.36. The summed E-state index contributed by atoms with van der Waals surface area (Å²) in [5, 5.41) is 3.93. The standard InChI is InChI=1S/C20H20F5N7/c21-16(22)11-32-19-15(6-28-32)27-7-17(29-19)30-5-3-12-8-31(10-13(12)9-30)18-14(20(23,24)25)2-1-4-26-18/h1-2,4,6-7,12-13,16H,3,5,8-11H2/t12-,13-/m1/s1. The van der Waals surface area contributed by atoms with Crippen LogP contribution < -0.4 is 9.80 Å². The minimum absolute atomic E-state index is 0.0296. The topological polar surface area (TPSA) is 63.0 Å². The molecule has 2 fully saturated rings. The first-order chi connectivity index (χ1) is 15.3. The number of anilines is 2. The summed E-state index contributed by atoms with van der Waals surface area (Å²) >= 11 is 0. The van der Waals surface area contributed by atoms with E-state index in [2.05, 4.69) is 20.1 Å². The number of fused-ring (bicyclic) bond motifs is 2. The molecule has 0 N–H and O–H groups in total.